The van der Waals surface area contributed by atoms with Crippen LogP contribution in [0.15, 0.2) is 59.6 Å². The Hall–Kier alpha value is -3.18. The summed E-state index contributed by atoms with van der Waals surface area (Å²) < 4.78 is 42.8. The van der Waals surface area contributed by atoms with E-state index in [1.807, 2.05) is 12.1 Å². The van der Waals surface area contributed by atoms with E-state index in [2.05, 4.69) is 0 Å². The summed E-state index contributed by atoms with van der Waals surface area (Å²) in [6.45, 7) is 0.0219. The third kappa shape index (κ3) is 3.43. The van der Waals surface area contributed by atoms with Crippen LogP contribution in [0.2, 0.25) is 0 Å². The molecule has 26 heavy (non-hydrogen) atoms. The predicted octanol–water partition coefficient (Wildman–Crippen LogP) is 3.55. The molecule has 0 amide bonds. The highest BCUT2D eigenvalue weighted by atomic mass is 32.3. The summed E-state index contributed by atoms with van der Waals surface area (Å²) in [5.74, 6) is 0. The fraction of sp³-hybridized carbons (Fsp3) is 0.111. The quantitative estimate of drug-likeness (QED) is 0.654. The summed E-state index contributed by atoms with van der Waals surface area (Å²) in [6, 6.07) is 14.8. The number of aromatic nitrogens is 1. The second kappa shape index (κ2) is 6.98. The standard InChI is InChI=1S/C18H13FN2O4S/c19-26(23,24)16-8-4-7-15-17(16)14(9-10-20)11-21(15)18(22)25-12-13-5-2-1-3-6-13/h1-8,11H,9,12H2. The van der Waals surface area contributed by atoms with Crippen LogP contribution in [0.1, 0.15) is 11.1 Å². The molecule has 0 atom stereocenters. The van der Waals surface area contributed by atoms with Gasteiger partial charge in [-0.2, -0.15) is 13.7 Å². The van der Waals surface area contributed by atoms with Gasteiger partial charge in [-0.05, 0) is 23.3 Å². The average Bonchev–Trinajstić information content (AvgIpc) is 2.99. The minimum absolute atomic E-state index is 0.00760. The van der Waals surface area contributed by atoms with Crippen molar-refractivity contribution in [2.24, 2.45) is 0 Å². The molecule has 1 aromatic heterocycles. The van der Waals surface area contributed by atoms with Crippen molar-refractivity contribution in [3.05, 3.63) is 65.9 Å². The zero-order valence-corrected chi connectivity index (χ0v) is 14.2. The second-order valence-corrected chi connectivity index (χ2v) is 6.80. The van der Waals surface area contributed by atoms with E-state index in [1.54, 1.807) is 24.3 Å². The number of rotatable bonds is 4. The number of ether oxygens (including phenoxy) is 1. The van der Waals surface area contributed by atoms with Gasteiger partial charge in [0, 0.05) is 11.6 Å². The van der Waals surface area contributed by atoms with Gasteiger partial charge in [-0.1, -0.05) is 36.4 Å². The zero-order chi connectivity index (χ0) is 18.7. The molecule has 132 valence electrons. The number of hydrogen-bond donors (Lipinski definition) is 0. The second-order valence-electron chi connectivity index (χ2n) is 5.49. The monoisotopic (exact) mass is 372 g/mol. The molecule has 0 saturated carbocycles. The van der Waals surface area contributed by atoms with E-state index in [9.17, 15) is 17.1 Å². The summed E-state index contributed by atoms with van der Waals surface area (Å²) in [7, 11) is -5.01. The first-order chi connectivity index (χ1) is 12.4. The molecule has 0 bridgehead atoms. The number of benzene rings is 2. The van der Waals surface area contributed by atoms with Gasteiger partial charge in [-0.15, -0.1) is 3.89 Å². The van der Waals surface area contributed by atoms with Crippen LogP contribution in [0.4, 0.5) is 8.68 Å². The van der Waals surface area contributed by atoms with Gasteiger partial charge in [0.15, 0.2) is 0 Å². The molecule has 8 heteroatoms. The first kappa shape index (κ1) is 17.6. The molecule has 0 radical (unpaired) electrons. The molecule has 0 saturated heterocycles. The highest BCUT2D eigenvalue weighted by Crippen LogP contribution is 2.30. The highest BCUT2D eigenvalue weighted by molar-refractivity contribution is 7.86. The average molecular weight is 372 g/mol. The first-order valence-electron chi connectivity index (χ1n) is 7.57. The van der Waals surface area contributed by atoms with Crippen molar-refractivity contribution in [2.45, 2.75) is 17.9 Å². The van der Waals surface area contributed by atoms with Crippen molar-refractivity contribution in [2.75, 3.05) is 0 Å². The topological polar surface area (TPSA) is 89.2 Å². The van der Waals surface area contributed by atoms with Crippen molar-refractivity contribution >= 4 is 27.2 Å². The lowest BCUT2D eigenvalue weighted by Gasteiger charge is -2.07. The number of fused-ring (bicyclic) bond motifs is 1. The van der Waals surface area contributed by atoms with Crippen molar-refractivity contribution in [3.63, 3.8) is 0 Å². The largest absolute Gasteiger partial charge is 0.444 e. The van der Waals surface area contributed by atoms with E-state index in [-0.39, 0.29) is 29.5 Å². The van der Waals surface area contributed by atoms with E-state index >= 15 is 0 Å². The molecule has 3 aromatic rings. The molecule has 0 fully saturated rings. The Bertz CT molecular complexity index is 1120. The number of carbonyl (C=O) groups is 1. The summed E-state index contributed by atoms with van der Waals surface area (Å²) in [5, 5.41) is 8.96. The van der Waals surface area contributed by atoms with Crippen LogP contribution in [0.5, 0.6) is 0 Å². The number of hydrogen-bond acceptors (Lipinski definition) is 5. The van der Waals surface area contributed by atoms with Crippen molar-refractivity contribution in [1.82, 2.24) is 4.57 Å². The summed E-state index contributed by atoms with van der Waals surface area (Å²) in [6.07, 6.45) is 0.370. The Morgan fingerprint density at radius 2 is 1.88 bits per heavy atom. The Morgan fingerprint density at radius 1 is 1.15 bits per heavy atom. The fourth-order valence-electron chi connectivity index (χ4n) is 2.70. The van der Waals surface area contributed by atoms with Crippen LogP contribution in [0.25, 0.3) is 10.9 Å². The van der Waals surface area contributed by atoms with Gasteiger partial charge < -0.3 is 4.74 Å². The third-order valence-electron chi connectivity index (χ3n) is 3.80. The maximum atomic E-state index is 13.6. The number of nitrogens with zero attached hydrogens (tertiary/aromatic N) is 2. The molecule has 2 aromatic carbocycles. The smallest absolute Gasteiger partial charge is 0.418 e. The number of nitriles is 1. The summed E-state index contributed by atoms with van der Waals surface area (Å²) in [4.78, 5) is 11.9. The van der Waals surface area contributed by atoms with Crippen LogP contribution in [0.3, 0.4) is 0 Å². The minimum Gasteiger partial charge on any atom is -0.444 e. The predicted molar refractivity (Wildman–Crippen MR) is 91.6 cm³/mol. The maximum absolute atomic E-state index is 13.6. The van der Waals surface area contributed by atoms with Gasteiger partial charge in [0.2, 0.25) is 0 Å². The molecule has 0 aliphatic heterocycles. The Morgan fingerprint density at radius 3 is 2.54 bits per heavy atom. The fourth-order valence-corrected chi connectivity index (χ4v) is 3.42. The van der Waals surface area contributed by atoms with Crippen LogP contribution < -0.4 is 0 Å². The van der Waals surface area contributed by atoms with E-state index in [1.165, 1.54) is 18.3 Å². The molecular weight excluding hydrogens is 359 g/mol. The van der Waals surface area contributed by atoms with Gasteiger partial charge in [0.1, 0.15) is 11.5 Å². The molecule has 0 spiro atoms. The van der Waals surface area contributed by atoms with E-state index < -0.39 is 21.2 Å². The van der Waals surface area contributed by atoms with Crippen LogP contribution in [0, 0.1) is 11.3 Å². The number of carbonyl (C=O) groups excluding carboxylic acids is 1. The highest BCUT2D eigenvalue weighted by Gasteiger charge is 2.23. The van der Waals surface area contributed by atoms with Gasteiger partial charge >= 0.3 is 16.3 Å². The van der Waals surface area contributed by atoms with Crippen molar-refractivity contribution < 1.29 is 21.8 Å². The molecule has 3 rings (SSSR count). The lowest BCUT2D eigenvalue weighted by atomic mass is 10.1. The van der Waals surface area contributed by atoms with Gasteiger partial charge in [0.25, 0.3) is 0 Å². The van der Waals surface area contributed by atoms with E-state index in [0.717, 1.165) is 16.2 Å². The molecular formula is C18H13FN2O4S. The third-order valence-corrected chi connectivity index (χ3v) is 4.67. The number of halogens is 1. The lowest BCUT2D eigenvalue weighted by Crippen LogP contribution is -2.12. The van der Waals surface area contributed by atoms with Crippen LogP contribution in [-0.4, -0.2) is 19.1 Å². The minimum atomic E-state index is -5.01. The summed E-state index contributed by atoms with van der Waals surface area (Å²) in [5.41, 5.74) is 1.17. The SMILES string of the molecule is N#CCc1cn(C(=O)OCc2ccccc2)c2cccc(S(=O)(=O)F)c12. The van der Waals surface area contributed by atoms with Crippen LogP contribution >= 0.6 is 0 Å². The molecule has 0 aliphatic carbocycles. The van der Waals surface area contributed by atoms with Crippen molar-refractivity contribution in [1.29, 1.82) is 5.26 Å². The summed E-state index contributed by atoms with van der Waals surface area (Å²) >= 11 is 0. The van der Waals surface area contributed by atoms with Gasteiger partial charge in [-0.3, -0.25) is 4.57 Å². The van der Waals surface area contributed by atoms with E-state index in [0.29, 0.717) is 0 Å². The Kier molecular flexibility index (Phi) is 4.73. The first-order valence-corrected chi connectivity index (χ1v) is 8.96. The normalized spacial score (nSPS) is 11.2. The van der Waals surface area contributed by atoms with Crippen molar-refractivity contribution in [3.8, 4) is 6.07 Å². The van der Waals surface area contributed by atoms with Gasteiger partial charge in [0.05, 0.1) is 18.0 Å². The molecule has 0 N–H and O–H groups in total. The molecule has 0 aliphatic rings. The molecule has 6 nitrogen and oxygen atoms in total. The van der Waals surface area contributed by atoms with Crippen LogP contribution in [-0.2, 0) is 28.0 Å². The lowest BCUT2D eigenvalue weighted by molar-refractivity contribution is 0.142. The molecule has 0 unspecified atom stereocenters. The van der Waals surface area contributed by atoms with E-state index in [4.69, 9.17) is 10.00 Å². The zero-order valence-electron chi connectivity index (χ0n) is 13.4. The Balaban J connectivity index is 2.04. The molecule has 1 heterocycles. The van der Waals surface area contributed by atoms with Gasteiger partial charge in [-0.25, -0.2) is 4.79 Å². The maximum Gasteiger partial charge on any atom is 0.418 e. The Labute approximate surface area is 149 Å².